The molecule has 2 aliphatic rings. The van der Waals surface area contributed by atoms with Gasteiger partial charge in [-0.3, -0.25) is 9.59 Å². The Morgan fingerprint density at radius 3 is 1.96 bits per heavy atom. The molecule has 0 saturated heterocycles. The molecule has 2 amide bonds. The lowest BCUT2D eigenvalue weighted by molar-refractivity contribution is -0.135. The Labute approximate surface area is 153 Å². The molecule has 0 bridgehead atoms. The summed E-state index contributed by atoms with van der Waals surface area (Å²) >= 11 is 0. The zero-order valence-corrected chi connectivity index (χ0v) is 16.5. The van der Waals surface area contributed by atoms with Crippen LogP contribution in [0.5, 0.6) is 0 Å². The maximum atomic E-state index is 13.0. The van der Waals surface area contributed by atoms with E-state index in [0.717, 1.165) is 25.2 Å². The maximum Gasteiger partial charge on any atom is 0.224 e. The molecule has 0 aromatic heterocycles. The van der Waals surface area contributed by atoms with Crippen molar-refractivity contribution in [2.75, 3.05) is 0 Å². The number of nitrogens with one attached hydrogen (secondary N) is 1. The van der Waals surface area contributed by atoms with Gasteiger partial charge >= 0.3 is 0 Å². The maximum absolute atomic E-state index is 13.0. The summed E-state index contributed by atoms with van der Waals surface area (Å²) in [6.07, 6.45) is 12.7. The highest BCUT2D eigenvalue weighted by Gasteiger charge is 2.36. The van der Waals surface area contributed by atoms with E-state index in [4.69, 9.17) is 5.73 Å². The van der Waals surface area contributed by atoms with Gasteiger partial charge in [-0.05, 0) is 51.9 Å². The number of amides is 2. The quantitative estimate of drug-likeness (QED) is 0.689. The first-order chi connectivity index (χ1) is 11.8. The third kappa shape index (κ3) is 6.63. The smallest absolute Gasteiger partial charge is 0.224 e. The second-order valence-electron chi connectivity index (χ2n) is 9.47. The highest BCUT2D eigenvalue weighted by molar-refractivity contribution is 5.87. The predicted octanol–water partition coefficient (Wildman–Crippen LogP) is 4.17. The van der Waals surface area contributed by atoms with E-state index in [1.165, 1.54) is 51.4 Å². The Bertz CT molecular complexity index is 443. The summed E-state index contributed by atoms with van der Waals surface area (Å²) in [4.78, 5) is 25.2. The summed E-state index contributed by atoms with van der Waals surface area (Å²) in [7, 11) is 0. The van der Waals surface area contributed by atoms with E-state index in [1.54, 1.807) is 0 Å². The largest absolute Gasteiger partial charge is 0.369 e. The lowest BCUT2D eigenvalue weighted by atomic mass is 9.78. The number of carbonyl (C=O) groups excluding carboxylic acids is 2. The minimum absolute atomic E-state index is 0.0228. The molecule has 0 aromatic carbocycles. The zero-order chi connectivity index (χ0) is 18.4. The third-order valence-corrected chi connectivity index (χ3v) is 6.11. The minimum atomic E-state index is -0.316. The van der Waals surface area contributed by atoms with Crippen molar-refractivity contribution in [3.63, 3.8) is 0 Å². The van der Waals surface area contributed by atoms with Gasteiger partial charge in [0.1, 0.15) is 0 Å². The van der Waals surface area contributed by atoms with Crippen molar-refractivity contribution < 1.29 is 9.59 Å². The van der Waals surface area contributed by atoms with Crippen LogP contribution >= 0.6 is 0 Å². The summed E-state index contributed by atoms with van der Waals surface area (Å²) in [5, 5.41) is 3.11. The van der Waals surface area contributed by atoms with E-state index < -0.39 is 0 Å². The lowest BCUT2D eigenvalue weighted by Gasteiger charge is -2.30. The van der Waals surface area contributed by atoms with Crippen LogP contribution in [0.15, 0.2) is 0 Å². The fourth-order valence-corrected chi connectivity index (χ4v) is 4.78. The molecule has 0 spiro atoms. The average Bonchev–Trinajstić information content (AvgIpc) is 3.17. The van der Waals surface area contributed by atoms with Crippen LogP contribution in [0, 0.1) is 23.7 Å². The summed E-state index contributed by atoms with van der Waals surface area (Å²) in [6.45, 7) is 5.99. The first-order valence-electron chi connectivity index (χ1n) is 10.4. The van der Waals surface area contributed by atoms with Crippen molar-refractivity contribution in [1.29, 1.82) is 0 Å². The van der Waals surface area contributed by atoms with Crippen LogP contribution in [-0.4, -0.2) is 17.4 Å². The molecule has 0 aliphatic heterocycles. The van der Waals surface area contributed by atoms with Crippen molar-refractivity contribution in [3.05, 3.63) is 0 Å². The molecule has 1 unspecified atom stereocenters. The molecule has 3 N–H and O–H groups in total. The molecule has 2 atom stereocenters. The van der Waals surface area contributed by atoms with Gasteiger partial charge in [0.2, 0.25) is 11.8 Å². The topological polar surface area (TPSA) is 72.2 Å². The van der Waals surface area contributed by atoms with E-state index in [0.29, 0.717) is 5.92 Å². The van der Waals surface area contributed by atoms with Crippen molar-refractivity contribution in [3.8, 4) is 0 Å². The van der Waals surface area contributed by atoms with Gasteiger partial charge in [0, 0.05) is 17.4 Å². The number of primary amides is 1. The van der Waals surface area contributed by atoms with E-state index >= 15 is 0 Å². The predicted molar refractivity (Wildman–Crippen MR) is 102 cm³/mol. The van der Waals surface area contributed by atoms with Gasteiger partial charge in [-0.2, -0.15) is 0 Å². The molecule has 144 valence electrons. The summed E-state index contributed by atoms with van der Waals surface area (Å²) in [5.74, 6) is 0.452. The molecule has 2 rings (SSSR count). The van der Waals surface area contributed by atoms with Crippen LogP contribution in [-0.2, 0) is 9.59 Å². The fraction of sp³-hybridized carbons (Fsp3) is 0.905. The zero-order valence-electron chi connectivity index (χ0n) is 16.5. The molecule has 2 fully saturated rings. The summed E-state index contributed by atoms with van der Waals surface area (Å²) in [6, 6.07) is 0. The average molecular weight is 351 g/mol. The number of nitrogens with two attached hydrogens (primary N) is 1. The van der Waals surface area contributed by atoms with Crippen molar-refractivity contribution in [2.45, 2.75) is 96.9 Å². The Hall–Kier alpha value is -1.06. The number of hydrogen-bond donors (Lipinski definition) is 2. The Kier molecular flexibility index (Phi) is 7.33. The van der Waals surface area contributed by atoms with Gasteiger partial charge in [0.05, 0.1) is 0 Å². The monoisotopic (exact) mass is 350 g/mol. The van der Waals surface area contributed by atoms with Crippen molar-refractivity contribution in [2.24, 2.45) is 29.4 Å². The van der Waals surface area contributed by atoms with Gasteiger partial charge in [0.15, 0.2) is 0 Å². The minimum Gasteiger partial charge on any atom is -0.369 e. The van der Waals surface area contributed by atoms with E-state index in [2.05, 4.69) is 5.32 Å². The van der Waals surface area contributed by atoms with Crippen molar-refractivity contribution >= 4 is 11.8 Å². The van der Waals surface area contributed by atoms with Crippen LogP contribution < -0.4 is 11.1 Å². The SMILES string of the molecule is CC(C)(C)NC(=O)C(CC1CCCC1)[C@H](CCC1CCCC1)C(N)=O. The number of hydrogen-bond acceptors (Lipinski definition) is 2. The second kappa shape index (κ2) is 9.05. The molecule has 0 radical (unpaired) electrons. The molecule has 25 heavy (non-hydrogen) atoms. The molecule has 0 aromatic rings. The molecular weight excluding hydrogens is 312 g/mol. The van der Waals surface area contributed by atoms with Crippen LogP contribution in [0.25, 0.3) is 0 Å². The molecule has 2 aliphatic carbocycles. The highest BCUT2D eigenvalue weighted by atomic mass is 16.2. The Morgan fingerprint density at radius 2 is 1.48 bits per heavy atom. The Balaban J connectivity index is 2.06. The lowest BCUT2D eigenvalue weighted by Crippen LogP contribution is -2.48. The normalized spacial score (nSPS) is 22.0. The van der Waals surface area contributed by atoms with Crippen LogP contribution in [0.2, 0.25) is 0 Å². The molecular formula is C21H38N2O2. The van der Waals surface area contributed by atoms with Gasteiger partial charge in [0.25, 0.3) is 0 Å². The molecule has 4 nitrogen and oxygen atoms in total. The van der Waals surface area contributed by atoms with Gasteiger partial charge in [-0.25, -0.2) is 0 Å². The molecule has 0 heterocycles. The Morgan fingerprint density at radius 1 is 0.960 bits per heavy atom. The van der Waals surface area contributed by atoms with E-state index in [1.807, 2.05) is 20.8 Å². The fourth-order valence-electron chi connectivity index (χ4n) is 4.78. The van der Waals surface area contributed by atoms with E-state index in [9.17, 15) is 9.59 Å². The van der Waals surface area contributed by atoms with Gasteiger partial charge in [-0.15, -0.1) is 0 Å². The standard InChI is InChI=1S/C21H38N2O2/c1-21(2,3)23-20(25)18(14-16-10-6-7-11-16)17(19(22)24)13-12-15-8-4-5-9-15/h15-18H,4-14H2,1-3H3,(H2,22,24)(H,23,25)/t17-,18?/m0/s1. The van der Waals surface area contributed by atoms with Gasteiger partial charge in [-0.1, -0.05) is 51.4 Å². The van der Waals surface area contributed by atoms with E-state index in [-0.39, 0.29) is 29.2 Å². The van der Waals surface area contributed by atoms with Crippen LogP contribution in [0.3, 0.4) is 0 Å². The highest BCUT2D eigenvalue weighted by Crippen LogP contribution is 2.36. The first kappa shape index (κ1) is 20.3. The molecule has 2 saturated carbocycles. The summed E-state index contributed by atoms with van der Waals surface area (Å²) in [5.41, 5.74) is 5.50. The van der Waals surface area contributed by atoms with Crippen molar-refractivity contribution in [1.82, 2.24) is 5.32 Å². The number of carbonyl (C=O) groups is 2. The third-order valence-electron chi connectivity index (χ3n) is 6.11. The van der Waals surface area contributed by atoms with Gasteiger partial charge < -0.3 is 11.1 Å². The van der Waals surface area contributed by atoms with Crippen LogP contribution in [0.1, 0.15) is 91.4 Å². The summed E-state index contributed by atoms with van der Waals surface area (Å²) < 4.78 is 0. The number of rotatable bonds is 8. The molecule has 4 heteroatoms. The first-order valence-corrected chi connectivity index (χ1v) is 10.4. The van der Waals surface area contributed by atoms with Crippen LogP contribution in [0.4, 0.5) is 0 Å². The second-order valence-corrected chi connectivity index (χ2v) is 9.47.